The average Bonchev–Trinajstić information content (AvgIpc) is 2.50. The van der Waals surface area contributed by atoms with Gasteiger partial charge < -0.3 is 0 Å². The molecule has 0 spiro atoms. The summed E-state index contributed by atoms with van der Waals surface area (Å²) in [6, 6.07) is 21.1. The van der Waals surface area contributed by atoms with Crippen LogP contribution in [0, 0.1) is 0 Å². The summed E-state index contributed by atoms with van der Waals surface area (Å²) in [6.07, 6.45) is 0. The molecule has 2 rings (SSSR count). The van der Waals surface area contributed by atoms with Crippen LogP contribution in [0.15, 0.2) is 60.7 Å². The predicted octanol–water partition coefficient (Wildman–Crippen LogP) is 4.44. The topological polar surface area (TPSA) is 18.5 Å². The Morgan fingerprint density at radius 2 is 1.05 bits per heavy atom. The van der Waals surface area contributed by atoms with E-state index in [1.165, 1.54) is 11.1 Å². The van der Waals surface area contributed by atoms with Crippen molar-refractivity contribution < 1.29 is 24.0 Å². The van der Waals surface area contributed by atoms with Crippen molar-refractivity contribution in [2.24, 2.45) is 0 Å². The van der Waals surface area contributed by atoms with E-state index in [1.54, 1.807) is 0 Å². The maximum absolute atomic E-state index is 6.24. The van der Waals surface area contributed by atoms with Gasteiger partial charge in [-0.05, 0) is 0 Å². The van der Waals surface area contributed by atoms with Gasteiger partial charge in [-0.3, -0.25) is 0 Å². The predicted molar refractivity (Wildman–Crippen MR) is 83.5 cm³/mol. The maximum atomic E-state index is 6.24. The summed E-state index contributed by atoms with van der Waals surface area (Å²) in [5.41, 5.74) is 2.63. The molecule has 0 unspecified atom stereocenters. The third-order valence-corrected chi connectivity index (χ3v) is 8.95. The minimum absolute atomic E-state index is 0.722. The van der Waals surface area contributed by atoms with Crippen LogP contribution in [-0.2, 0) is 33.5 Å². The van der Waals surface area contributed by atoms with Crippen LogP contribution < -0.4 is 0 Å². The van der Waals surface area contributed by atoms with Gasteiger partial charge in [0.25, 0.3) is 0 Å². The van der Waals surface area contributed by atoms with Gasteiger partial charge in [-0.2, -0.15) is 0 Å². The van der Waals surface area contributed by atoms with Gasteiger partial charge in [0.2, 0.25) is 0 Å². The molecule has 112 valence electrons. The van der Waals surface area contributed by atoms with Crippen molar-refractivity contribution in [1.82, 2.24) is 0 Å². The number of hydrogen-bond acceptors (Lipinski definition) is 2. The molecule has 0 fully saturated rings. The fourth-order valence-corrected chi connectivity index (χ4v) is 7.93. The number of hydrogen-bond donors (Lipinski definition) is 0. The molecule has 0 saturated carbocycles. The van der Waals surface area contributed by atoms with Crippen LogP contribution in [0.25, 0.3) is 0 Å². The standard InChI is InChI=1S/2C7H7.2C2H5O.Ti/c2*1-7-5-3-2-4-6-7;2*1-2-3;/h2*2-6H,1H2;2*2H2,1H3;/q;;2*-1;+2. The monoisotopic (exact) mass is 320 g/mol. The summed E-state index contributed by atoms with van der Waals surface area (Å²) in [6.45, 7) is 5.57. The van der Waals surface area contributed by atoms with Gasteiger partial charge in [-0.25, -0.2) is 0 Å². The Hall–Kier alpha value is -0.926. The second-order valence-electron chi connectivity index (χ2n) is 5.10. The Labute approximate surface area is 132 Å². The quantitative estimate of drug-likeness (QED) is 0.669. The van der Waals surface area contributed by atoms with Crippen LogP contribution in [0.5, 0.6) is 0 Å². The molecule has 0 N–H and O–H groups in total. The van der Waals surface area contributed by atoms with E-state index < -0.39 is 17.4 Å². The van der Waals surface area contributed by atoms with E-state index in [0.717, 1.165) is 22.7 Å². The van der Waals surface area contributed by atoms with Gasteiger partial charge in [0.15, 0.2) is 0 Å². The fourth-order valence-electron chi connectivity index (χ4n) is 2.65. The molecule has 0 aliphatic heterocycles. The fraction of sp³-hybridized carbons (Fsp3) is 0.333. The summed E-state index contributed by atoms with van der Waals surface area (Å²) >= 11 is -2.87. The number of rotatable bonds is 8. The molecule has 0 atom stereocenters. The summed E-state index contributed by atoms with van der Waals surface area (Å²) in [5.74, 6) is 0. The van der Waals surface area contributed by atoms with Gasteiger partial charge in [0.05, 0.1) is 0 Å². The molecular weight excluding hydrogens is 296 g/mol. The molecule has 0 bridgehead atoms. The van der Waals surface area contributed by atoms with Crippen LogP contribution in [0.1, 0.15) is 25.0 Å². The van der Waals surface area contributed by atoms with Crippen molar-refractivity contribution >= 4 is 0 Å². The average molecular weight is 320 g/mol. The molecule has 2 nitrogen and oxygen atoms in total. The molecule has 0 aliphatic carbocycles. The Bertz CT molecular complexity index is 464. The normalized spacial score (nSPS) is 11.5. The van der Waals surface area contributed by atoms with Gasteiger partial charge in [0, 0.05) is 0 Å². The second-order valence-corrected chi connectivity index (χ2v) is 9.95. The van der Waals surface area contributed by atoms with Crippen molar-refractivity contribution in [2.45, 2.75) is 23.3 Å². The first-order valence-corrected chi connectivity index (χ1v) is 11.1. The summed E-state index contributed by atoms with van der Waals surface area (Å²) < 4.78 is 14.4. The molecule has 0 saturated heterocycles. The summed E-state index contributed by atoms with van der Waals surface area (Å²) in [7, 11) is 0. The zero-order valence-electron chi connectivity index (χ0n) is 12.9. The van der Waals surface area contributed by atoms with Crippen molar-refractivity contribution in [2.75, 3.05) is 13.2 Å². The third kappa shape index (κ3) is 5.08. The van der Waals surface area contributed by atoms with Crippen LogP contribution in [0.4, 0.5) is 0 Å². The van der Waals surface area contributed by atoms with Crippen LogP contribution >= 0.6 is 0 Å². The van der Waals surface area contributed by atoms with Crippen LogP contribution in [0.3, 0.4) is 0 Å². The Morgan fingerprint density at radius 3 is 1.38 bits per heavy atom. The summed E-state index contributed by atoms with van der Waals surface area (Å²) in [4.78, 5) is 0. The Morgan fingerprint density at radius 1 is 0.667 bits per heavy atom. The SMILES string of the molecule is CC[O][Ti]([CH2]c1ccccc1)([CH2]c1ccccc1)[O]CC. The van der Waals surface area contributed by atoms with E-state index in [4.69, 9.17) is 6.64 Å². The molecule has 3 heteroatoms. The van der Waals surface area contributed by atoms with Gasteiger partial charge in [-0.1, -0.05) is 0 Å². The zero-order valence-corrected chi connectivity index (χ0v) is 14.5. The first kappa shape index (κ1) is 16.4. The molecule has 0 aliphatic rings. The van der Waals surface area contributed by atoms with Crippen molar-refractivity contribution in [3.63, 3.8) is 0 Å². The Balaban J connectivity index is 2.23. The second kappa shape index (κ2) is 8.50. The Kier molecular flexibility index (Phi) is 6.66. The van der Waals surface area contributed by atoms with E-state index in [2.05, 4.69) is 74.5 Å². The molecule has 2 aromatic rings. The molecule has 0 amide bonds. The van der Waals surface area contributed by atoms with Gasteiger partial charge in [0.1, 0.15) is 0 Å². The van der Waals surface area contributed by atoms with E-state index >= 15 is 0 Å². The van der Waals surface area contributed by atoms with E-state index in [1.807, 2.05) is 0 Å². The minimum atomic E-state index is -2.87. The van der Waals surface area contributed by atoms with Crippen LogP contribution in [0.2, 0.25) is 0 Å². The van der Waals surface area contributed by atoms with E-state index in [9.17, 15) is 0 Å². The summed E-state index contributed by atoms with van der Waals surface area (Å²) in [5, 5.41) is 0. The van der Waals surface area contributed by atoms with Crippen LogP contribution in [-0.4, -0.2) is 13.2 Å². The van der Waals surface area contributed by atoms with E-state index in [-0.39, 0.29) is 0 Å². The molecule has 2 aromatic carbocycles. The van der Waals surface area contributed by atoms with E-state index in [0.29, 0.717) is 0 Å². The molecule has 0 radical (unpaired) electrons. The molecule has 21 heavy (non-hydrogen) atoms. The number of benzene rings is 2. The van der Waals surface area contributed by atoms with Crippen molar-refractivity contribution in [1.29, 1.82) is 0 Å². The molecular formula is C18H24O2Ti. The molecule has 0 aromatic heterocycles. The zero-order chi connectivity index (χ0) is 15.0. The first-order valence-electron chi connectivity index (χ1n) is 7.64. The van der Waals surface area contributed by atoms with Gasteiger partial charge >= 0.3 is 132 Å². The van der Waals surface area contributed by atoms with Gasteiger partial charge in [-0.15, -0.1) is 0 Å². The van der Waals surface area contributed by atoms with Crippen molar-refractivity contribution in [3.8, 4) is 0 Å². The molecule has 0 heterocycles. The van der Waals surface area contributed by atoms with Crippen molar-refractivity contribution in [3.05, 3.63) is 71.8 Å². The first-order chi connectivity index (χ1) is 10.3. The third-order valence-electron chi connectivity index (χ3n) is 3.45.